The topological polar surface area (TPSA) is 57.1 Å². The number of aliphatic imine (C=N–C) groups is 1. The van der Waals surface area contributed by atoms with Gasteiger partial charge in [0.2, 0.25) is 0 Å². The van der Waals surface area contributed by atoms with Crippen molar-refractivity contribution in [3.05, 3.63) is 35.9 Å². The van der Waals surface area contributed by atoms with Gasteiger partial charge in [0.05, 0.1) is 6.61 Å². The molecule has 1 aromatic rings. The van der Waals surface area contributed by atoms with Crippen LogP contribution in [-0.2, 0) is 20.8 Å². The summed E-state index contributed by atoms with van der Waals surface area (Å²) in [6.45, 7) is 7.87. The number of carbonyl (C=O) groups is 1. The highest BCUT2D eigenvalue weighted by molar-refractivity contribution is 8.13. The summed E-state index contributed by atoms with van der Waals surface area (Å²) in [4.78, 5) is 15.6. The summed E-state index contributed by atoms with van der Waals surface area (Å²) in [5.74, 6) is 1.25. The number of benzene rings is 1. The minimum Gasteiger partial charge on any atom is -0.470 e. The van der Waals surface area contributed by atoms with Gasteiger partial charge in [-0.3, -0.25) is 0 Å². The fourth-order valence-electron chi connectivity index (χ4n) is 1.56. The maximum Gasteiger partial charge on any atom is 0.437 e. The highest BCUT2D eigenvalue weighted by Crippen LogP contribution is 2.08. The van der Waals surface area contributed by atoms with Gasteiger partial charge in [-0.25, -0.2) is 4.79 Å². The second kappa shape index (κ2) is 12.0. The maximum atomic E-state index is 11.7. The number of nitrogens with zero attached hydrogens (tertiary/aromatic N) is 1. The lowest BCUT2D eigenvalue weighted by molar-refractivity contribution is 0.0798. The third kappa shape index (κ3) is 9.97. The van der Waals surface area contributed by atoms with E-state index in [1.165, 1.54) is 11.8 Å². The van der Waals surface area contributed by atoms with Gasteiger partial charge in [0, 0.05) is 6.61 Å². The highest BCUT2D eigenvalue weighted by atomic mass is 32.2. The molecule has 0 aliphatic rings. The molecule has 6 heteroatoms. The molecule has 5 nitrogen and oxygen atoms in total. The van der Waals surface area contributed by atoms with Crippen LogP contribution in [0.2, 0.25) is 0 Å². The summed E-state index contributed by atoms with van der Waals surface area (Å²) in [6.07, 6.45) is -0.645. The first-order valence-electron chi connectivity index (χ1n) is 7.74. The quantitative estimate of drug-likeness (QED) is 0.405. The molecular weight excluding hydrogens is 314 g/mol. The van der Waals surface area contributed by atoms with E-state index >= 15 is 0 Å². The minimum absolute atomic E-state index is 0.199. The Labute approximate surface area is 142 Å². The molecule has 23 heavy (non-hydrogen) atoms. The predicted octanol–water partition coefficient (Wildman–Crippen LogP) is 4.12. The van der Waals surface area contributed by atoms with Crippen LogP contribution >= 0.6 is 11.8 Å². The van der Waals surface area contributed by atoms with E-state index in [0.29, 0.717) is 31.0 Å². The summed E-state index contributed by atoms with van der Waals surface area (Å²) < 4.78 is 16.0. The van der Waals surface area contributed by atoms with Gasteiger partial charge in [-0.2, -0.15) is 0 Å². The molecule has 0 aromatic heterocycles. The van der Waals surface area contributed by atoms with Crippen molar-refractivity contribution in [2.45, 2.75) is 27.4 Å². The first kappa shape index (κ1) is 19.5. The molecule has 0 radical (unpaired) electrons. The Bertz CT molecular complexity index is 477. The van der Waals surface area contributed by atoms with Crippen molar-refractivity contribution in [3.8, 4) is 0 Å². The average molecular weight is 339 g/mol. The van der Waals surface area contributed by atoms with Crippen LogP contribution in [0.15, 0.2) is 35.3 Å². The molecular formula is C17H25NO4S. The monoisotopic (exact) mass is 339 g/mol. The number of carbonyl (C=O) groups excluding carboxylic acids is 1. The fourth-order valence-corrected chi connectivity index (χ4v) is 2.12. The minimum atomic E-state index is -0.645. The molecule has 1 rings (SSSR count). The van der Waals surface area contributed by atoms with Crippen LogP contribution in [0.5, 0.6) is 0 Å². The highest BCUT2D eigenvalue weighted by Gasteiger charge is 2.07. The second-order valence-corrected chi connectivity index (χ2v) is 6.38. The number of hydrogen-bond acceptors (Lipinski definition) is 5. The summed E-state index contributed by atoms with van der Waals surface area (Å²) in [5, 5.41) is 0.318. The smallest absolute Gasteiger partial charge is 0.437 e. The number of thioether (sulfide) groups is 1. The zero-order valence-electron chi connectivity index (χ0n) is 14.0. The van der Waals surface area contributed by atoms with Crippen molar-refractivity contribution in [1.29, 1.82) is 0 Å². The molecule has 0 saturated carbocycles. The standard InChI is InChI=1S/C17H25NO4S/c1-4-23-17(21-11-10-20-12-14(2)3)18-16(19)22-13-15-8-6-5-7-9-15/h5-9,14H,4,10-13H2,1-3H3/b18-17+. The molecule has 0 N–H and O–H groups in total. The lowest BCUT2D eigenvalue weighted by Crippen LogP contribution is -2.12. The molecule has 0 unspecified atom stereocenters. The molecule has 0 atom stereocenters. The van der Waals surface area contributed by atoms with E-state index in [1.54, 1.807) is 0 Å². The lowest BCUT2D eigenvalue weighted by atomic mass is 10.2. The fraction of sp³-hybridized carbons (Fsp3) is 0.529. The average Bonchev–Trinajstić information content (AvgIpc) is 2.53. The van der Waals surface area contributed by atoms with Gasteiger partial charge < -0.3 is 14.2 Å². The molecule has 0 bridgehead atoms. The van der Waals surface area contributed by atoms with Gasteiger partial charge in [0.25, 0.3) is 5.23 Å². The van der Waals surface area contributed by atoms with E-state index in [2.05, 4.69) is 18.8 Å². The Morgan fingerprint density at radius 3 is 2.57 bits per heavy atom. The number of hydrogen-bond donors (Lipinski definition) is 0. The van der Waals surface area contributed by atoms with E-state index < -0.39 is 6.09 Å². The molecule has 0 saturated heterocycles. The number of amides is 1. The van der Waals surface area contributed by atoms with Crippen molar-refractivity contribution < 1.29 is 19.0 Å². The molecule has 128 valence electrons. The summed E-state index contributed by atoms with van der Waals surface area (Å²) in [5.41, 5.74) is 0.920. The first-order chi connectivity index (χ1) is 11.1. The molecule has 0 spiro atoms. The van der Waals surface area contributed by atoms with Gasteiger partial charge in [-0.1, -0.05) is 62.9 Å². The molecule has 0 aliphatic heterocycles. The lowest BCUT2D eigenvalue weighted by Gasteiger charge is -2.09. The number of ether oxygens (including phenoxy) is 3. The van der Waals surface area contributed by atoms with Gasteiger partial charge in [-0.15, -0.1) is 4.99 Å². The van der Waals surface area contributed by atoms with Gasteiger partial charge in [-0.05, 0) is 17.2 Å². The predicted molar refractivity (Wildman–Crippen MR) is 93.8 cm³/mol. The van der Waals surface area contributed by atoms with Crippen LogP contribution in [0.25, 0.3) is 0 Å². The molecule has 1 amide bonds. The van der Waals surface area contributed by atoms with Crippen LogP contribution in [-0.4, -0.2) is 36.9 Å². The Morgan fingerprint density at radius 1 is 1.17 bits per heavy atom. The summed E-state index contributed by atoms with van der Waals surface area (Å²) >= 11 is 1.36. The van der Waals surface area contributed by atoms with Crippen molar-refractivity contribution in [3.63, 3.8) is 0 Å². The molecule has 1 aromatic carbocycles. The molecule has 0 aliphatic carbocycles. The number of rotatable bonds is 8. The first-order valence-corrected chi connectivity index (χ1v) is 8.73. The van der Waals surface area contributed by atoms with Crippen LogP contribution in [0.4, 0.5) is 4.79 Å². The van der Waals surface area contributed by atoms with Gasteiger partial charge in [0.1, 0.15) is 13.2 Å². The Morgan fingerprint density at radius 2 is 1.91 bits per heavy atom. The molecule has 0 fully saturated rings. The normalized spacial score (nSPS) is 11.6. The van der Waals surface area contributed by atoms with Gasteiger partial charge >= 0.3 is 6.09 Å². The summed E-state index contributed by atoms with van der Waals surface area (Å²) in [6, 6.07) is 9.48. The van der Waals surface area contributed by atoms with E-state index in [0.717, 1.165) is 11.3 Å². The Balaban J connectivity index is 2.35. The van der Waals surface area contributed by atoms with Crippen LogP contribution in [0, 0.1) is 5.92 Å². The van der Waals surface area contributed by atoms with E-state index in [1.807, 2.05) is 37.3 Å². The van der Waals surface area contributed by atoms with Crippen molar-refractivity contribution in [2.75, 3.05) is 25.6 Å². The van der Waals surface area contributed by atoms with E-state index in [4.69, 9.17) is 14.2 Å². The SMILES string of the molecule is CCS/C(=N/C(=O)OCc1ccccc1)OCCOCC(C)C. The van der Waals surface area contributed by atoms with Crippen LogP contribution in [0.3, 0.4) is 0 Å². The van der Waals surface area contributed by atoms with Crippen molar-refractivity contribution >= 4 is 23.1 Å². The third-order valence-corrected chi connectivity index (χ3v) is 3.30. The maximum absolute atomic E-state index is 11.7. The Hall–Kier alpha value is -1.53. The third-order valence-electron chi connectivity index (χ3n) is 2.56. The second-order valence-electron chi connectivity index (χ2n) is 5.17. The van der Waals surface area contributed by atoms with Crippen molar-refractivity contribution in [1.82, 2.24) is 0 Å². The molecule has 0 heterocycles. The van der Waals surface area contributed by atoms with Crippen LogP contribution < -0.4 is 0 Å². The largest absolute Gasteiger partial charge is 0.470 e. The van der Waals surface area contributed by atoms with Gasteiger partial charge in [0.15, 0.2) is 0 Å². The van der Waals surface area contributed by atoms with E-state index in [-0.39, 0.29) is 6.61 Å². The summed E-state index contributed by atoms with van der Waals surface area (Å²) in [7, 11) is 0. The zero-order valence-corrected chi connectivity index (χ0v) is 14.8. The zero-order chi connectivity index (χ0) is 16.9. The van der Waals surface area contributed by atoms with Crippen molar-refractivity contribution in [2.24, 2.45) is 10.9 Å². The Kier molecular flexibility index (Phi) is 10.2. The van der Waals surface area contributed by atoms with E-state index in [9.17, 15) is 4.79 Å². The van der Waals surface area contributed by atoms with Crippen LogP contribution in [0.1, 0.15) is 26.3 Å².